The highest BCUT2D eigenvalue weighted by Gasteiger charge is 2.39. The van der Waals surface area contributed by atoms with Crippen molar-refractivity contribution in [2.24, 2.45) is 5.92 Å². The maximum absolute atomic E-state index is 13.0. The Labute approximate surface area is 168 Å². The van der Waals surface area contributed by atoms with E-state index in [0.717, 1.165) is 16.0 Å². The third-order valence-electron chi connectivity index (χ3n) is 4.76. The van der Waals surface area contributed by atoms with Crippen molar-refractivity contribution in [2.75, 3.05) is 31.0 Å². The van der Waals surface area contributed by atoms with Gasteiger partial charge in [-0.15, -0.1) is 0 Å². The van der Waals surface area contributed by atoms with Crippen LogP contribution >= 0.6 is 0 Å². The average Bonchev–Trinajstić information content (AvgIpc) is 2.70. The normalized spacial score (nSPS) is 16.3. The second-order valence-corrected chi connectivity index (χ2v) is 6.76. The summed E-state index contributed by atoms with van der Waals surface area (Å²) in [5.74, 6) is -1.31. The summed E-state index contributed by atoms with van der Waals surface area (Å²) >= 11 is 0. The monoisotopic (exact) mass is 397 g/mol. The molecule has 1 atom stereocenters. The Morgan fingerprint density at radius 3 is 2.45 bits per heavy atom. The van der Waals surface area contributed by atoms with Gasteiger partial charge in [0, 0.05) is 18.3 Å². The molecule has 2 aromatic rings. The predicted octanol–water partition coefficient (Wildman–Crippen LogP) is 2.63. The molecule has 2 aromatic carbocycles. The van der Waals surface area contributed by atoms with Gasteiger partial charge in [0.1, 0.15) is 5.92 Å². The van der Waals surface area contributed by atoms with Gasteiger partial charge in [0.2, 0.25) is 11.8 Å². The number of hydrogen-bond donors (Lipinski definition) is 2. The fourth-order valence-corrected chi connectivity index (χ4v) is 3.20. The van der Waals surface area contributed by atoms with E-state index >= 15 is 0 Å². The van der Waals surface area contributed by atoms with Crippen LogP contribution in [0.3, 0.4) is 0 Å². The zero-order valence-electron chi connectivity index (χ0n) is 16.7. The molecule has 8 nitrogen and oxygen atoms in total. The minimum atomic E-state index is -1.05. The van der Waals surface area contributed by atoms with Crippen molar-refractivity contribution in [3.05, 3.63) is 47.5 Å². The molecule has 1 unspecified atom stereocenters. The molecule has 1 aliphatic rings. The lowest BCUT2D eigenvalue weighted by Gasteiger charge is -2.31. The Morgan fingerprint density at radius 2 is 1.79 bits per heavy atom. The molecule has 29 heavy (non-hydrogen) atoms. The van der Waals surface area contributed by atoms with Crippen LogP contribution in [0.15, 0.2) is 36.4 Å². The van der Waals surface area contributed by atoms with E-state index in [1.54, 1.807) is 18.2 Å². The van der Waals surface area contributed by atoms with Gasteiger partial charge >= 0.3 is 6.03 Å². The number of carbonyl (C=O) groups excluding carboxylic acids is 3. The fourth-order valence-electron chi connectivity index (χ4n) is 3.20. The first-order valence-electron chi connectivity index (χ1n) is 9.07. The van der Waals surface area contributed by atoms with Gasteiger partial charge in [0.15, 0.2) is 11.5 Å². The summed E-state index contributed by atoms with van der Waals surface area (Å²) < 4.78 is 10.4. The van der Waals surface area contributed by atoms with Gasteiger partial charge in [0.05, 0.1) is 19.9 Å². The third kappa shape index (κ3) is 4.01. The molecule has 0 bridgehead atoms. The molecule has 3 rings (SSSR count). The second-order valence-electron chi connectivity index (χ2n) is 6.76. The van der Waals surface area contributed by atoms with Gasteiger partial charge < -0.3 is 20.1 Å². The summed E-state index contributed by atoms with van der Waals surface area (Å²) in [4.78, 5) is 39.1. The molecular weight excluding hydrogens is 374 g/mol. The summed E-state index contributed by atoms with van der Waals surface area (Å²) in [6, 6.07) is 9.68. The highest BCUT2D eigenvalue weighted by molar-refractivity contribution is 6.23. The van der Waals surface area contributed by atoms with E-state index in [2.05, 4.69) is 10.6 Å². The van der Waals surface area contributed by atoms with Gasteiger partial charge in [-0.05, 0) is 37.6 Å². The number of methoxy groups -OCH3 is 2. The van der Waals surface area contributed by atoms with Crippen LogP contribution in [0, 0.1) is 19.8 Å². The largest absolute Gasteiger partial charge is 0.493 e. The Bertz CT molecular complexity index is 973. The number of urea groups is 1. The van der Waals surface area contributed by atoms with Crippen molar-refractivity contribution in [1.29, 1.82) is 0 Å². The van der Waals surface area contributed by atoms with Crippen LogP contribution in [0.2, 0.25) is 0 Å². The van der Waals surface area contributed by atoms with Crippen molar-refractivity contribution < 1.29 is 23.9 Å². The Morgan fingerprint density at radius 1 is 1.07 bits per heavy atom. The van der Waals surface area contributed by atoms with E-state index in [-0.39, 0.29) is 12.2 Å². The molecule has 0 radical (unpaired) electrons. The first kappa shape index (κ1) is 20.2. The van der Waals surface area contributed by atoms with E-state index < -0.39 is 23.8 Å². The molecular formula is C21H23N3O5. The number of aryl methyl sites for hydroxylation is 2. The first-order chi connectivity index (χ1) is 13.8. The van der Waals surface area contributed by atoms with Crippen LogP contribution in [0.25, 0.3) is 0 Å². The SMILES string of the molecule is COc1ccc(N2C(=O)NCC(C(=O)Nc3ccc(C)cc3C)C2=O)cc1OC. The molecule has 0 saturated carbocycles. The molecule has 0 aliphatic carbocycles. The minimum Gasteiger partial charge on any atom is -0.493 e. The maximum Gasteiger partial charge on any atom is 0.328 e. The van der Waals surface area contributed by atoms with E-state index in [9.17, 15) is 14.4 Å². The number of nitrogens with one attached hydrogen (secondary N) is 2. The van der Waals surface area contributed by atoms with Crippen molar-refractivity contribution in [1.82, 2.24) is 5.32 Å². The molecule has 0 aromatic heterocycles. The summed E-state index contributed by atoms with van der Waals surface area (Å²) in [5.41, 5.74) is 2.88. The summed E-state index contributed by atoms with van der Waals surface area (Å²) in [6.45, 7) is 3.76. The molecule has 2 N–H and O–H groups in total. The smallest absolute Gasteiger partial charge is 0.328 e. The van der Waals surface area contributed by atoms with Gasteiger partial charge in [-0.25, -0.2) is 9.69 Å². The molecule has 8 heteroatoms. The summed E-state index contributed by atoms with van der Waals surface area (Å²) in [7, 11) is 2.95. The molecule has 0 spiro atoms. The Hall–Kier alpha value is -3.55. The number of amides is 4. The number of rotatable bonds is 5. The zero-order valence-corrected chi connectivity index (χ0v) is 16.7. The third-order valence-corrected chi connectivity index (χ3v) is 4.76. The van der Waals surface area contributed by atoms with Crippen LogP contribution in [-0.2, 0) is 9.59 Å². The van der Waals surface area contributed by atoms with Crippen LogP contribution in [0.4, 0.5) is 16.2 Å². The number of hydrogen-bond acceptors (Lipinski definition) is 5. The molecule has 4 amide bonds. The number of imide groups is 1. The topological polar surface area (TPSA) is 97.0 Å². The van der Waals surface area contributed by atoms with Gasteiger partial charge in [-0.2, -0.15) is 0 Å². The van der Waals surface area contributed by atoms with Gasteiger partial charge in [-0.1, -0.05) is 17.7 Å². The summed E-state index contributed by atoms with van der Waals surface area (Å²) in [6.07, 6.45) is 0. The lowest BCUT2D eigenvalue weighted by molar-refractivity contribution is -0.130. The van der Waals surface area contributed by atoms with Crippen molar-refractivity contribution in [2.45, 2.75) is 13.8 Å². The first-order valence-corrected chi connectivity index (χ1v) is 9.07. The van der Waals surface area contributed by atoms with E-state index in [1.165, 1.54) is 20.3 Å². The second kappa shape index (κ2) is 8.22. The molecule has 1 saturated heterocycles. The highest BCUT2D eigenvalue weighted by atomic mass is 16.5. The van der Waals surface area contributed by atoms with Gasteiger partial charge in [0.25, 0.3) is 0 Å². The standard InChI is InChI=1S/C21H23N3O5/c1-12-5-7-16(13(2)9-12)23-19(25)15-11-22-21(27)24(20(15)26)14-6-8-17(28-3)18(10-14)29-4/h5-10,15H,11H2,1-4H3,(H,22,27)(H,23,25). The molecule has 1 fully saturated rings. The highest BCUT2D eigenvalue weighted by Crippen LogP contribution is 2.33. The van der Waals surface area contributed by atoms with E-state index in [1.807, 2.05) is 26.0 Å². The van der Waals surface area contributed by atoms with Gasteiger partial charge in [-0.3, -0.25) is 9.59 Å². The molecule has 1 aliphatic heterocycles. The van der Waals surface area contributed by atoms with E-state index in [4.69, 9.17) is 9.47 Å². The molecule has 152 valence electrons. The van der Waals surface area contributed by atoms with E-state index in [0.29, 0.717) is 17.2 Å². The number of ether oxygens (including phenoxy) is 2. The summed E-state index contributed by atoms with van der Waals surface area (Å²) in [5, 5.41) is 5.38. The van der Waals surface area contributed by atoms with Crippen LogP contribution in [0.1, 0.15) is 11.1 Å². The zero-order chi connectivity index (χ0) is 21.1. The number of carbonyl (C=O) groups is 3. The number of benzene rings is 2. The average molecular weight is 397 g/mol. The lowest BCUT2D eigenvalue weighted by Crippen LogP contribution is -2.58. The molecule has 1 heterocycles. The van der Waals surface area contributed by atoms with Crippen molar-refractivity contribution in [3.8, 4) is 11.5 Å². The van der Waals surface area contributed by atoms with Crippen molar-refractivity contribution >= 4 is 29.2 Å². The van der Waals surface area contributed by atoms with Crippen molar-refractivity contribution in [3.63, 3.8) is 0 Å². The van der Waals surface area contributed by atoms with Crippen LogP contribution in [-0.4, -0.2) is 38.6 Å². The van der Waals surface area contributed by atoms with Crippen LogP contribution in [0.5, 0.6) is 11.5 Å². The Kier molecular flexibility index (Phi) is 5.72. The fraction of sp³-hybridized carbons (Fsp3) is 0.286. The lowest BCUT2D eigenvalue weighted by atomic mass is 10.0. The maximum atomic E-state index is 13.0. The predicted molar refractivity (Wildman–Crippen MR) is 108 cm³/mol. The quantitative estimate of drug-likeness (QED) is 0.756. The Balaban J connectivity index is 1.85. The number of anilines is 2. The number of nitrogens with zero attached hydrogens (tertiary/aromatic N) is 1. The minimum absolute atomic E-state index is 0.0712. The van der Waals surface area contributed by atoms with Crippen LogP contribution < -0.4 is 25.0 Å².